The first-order valence-corrected chi connectivity index (χ1v) is 10.8. The number of carbonyl (C=O) groups excluding carboxylic acids is 1. The van der Waals surface area contributed by atoms with Crippen LogP contribution in [0.3, 0.4) is 0 Å². The summed E-state index contributed by atoms with van der Waals surface area (Å²) in [6.45, 7) is 3.12. The third kappa shape index (κ3) is 4.61. The van der Waals surface area contributed by atoms with Gasteiger partial charge in [-0.2, -0.15) is 0 Å². The van der Waals surface area contributed by atoms with Crippen LogP contribution in [0, 0.1) is 0 Å². The number of amides is 1. The van der Waals surface area contributed by atoms with Gasteiger partial charge in [-0.25, -0.2) is 13.1 Å². The number of aromatic nitrogens is 1. The molecule has 6 nitrogen and oxygen atoms in total. The molecule has 0 saturated carbocycles. The van der Waals surface area contributed by atoms with Crippen LogP contribution in [0.25, 0.3) is 10.9 Å². The van der Waals surface area contributed by atoms with Gasteiger partial charge in [0, 0.05) is 35.8 Å². The van der Waals surface area contributed by atoms with E-state index in [9.17, 15) is 13.2 Å². The summed E-state index contributed by atoms with van der Waals surface area (Å²) in [6.07, 6.45) is 4.01. The topological polar surface area (TPSA) is 80.2 Å². The average Bonchev–Trinajstić information content (AvgIpc) is 3.09. The molecule has 0 unspecified atom stereocenters. The van der Waals surface area contributed by atoms with Crippen LogP contribution >= 0.6 is 0 Å². The van der Waals surface area contributed by atoms with E-state index in [4.69, 9.17) is 0 Å². The van der Waals surface area contributed by atoms with Crippen LogP contribution in [-0.2, 0) is 27.8 Å². The van der Waals surface area contributed by atoms with E-state index in [0.717, 1.165) is 35.1 Å². The number of sulfonamides is 1. The highest BCUT2D eigenvalue weighted by atomic mass is 32.2. The van der Waals surface area contributed by atoms with Gasteiger partial charge >= 0.3 is 0 Å². The number of benzene rings is 2. The summed E-state index contributed by atoms with van der Waals surface area (Å²) >= 11 is 0. The number of rotatable bonds is 8. The van der Waals surface area contributed by atoms with E-state index in [-0.39, 0.29) is 10.8 Å². The highest BCUT2D eigenvalue weighted by Gasteiger charge is 2.11. The molecule has 28 heavy (non-hydrogen) atoms. The fourth-order valence-electron chi connectivity index (χ4n) is 3.15. The number of nitrogens with one attached hydrogen (secondary N) is 2. The number of fused-ring (bicyclic) bond motifs is 1. The molecular weight excluding hydrogens is 374 g/mol. The molecule has 0 radical (unpaired) electrons. The monoisotopic (exact) mass is 399 g/mol. The Morgan fingerprint density at radius 2 is 1.82 bits per heavy atom. The standard InChI is InChI=1S/C21H25N3O3S/c1-3-13-24-14-12-17-15-18(7-10-20(17)24)23-21(25)11-6-16-4-8-19(9-5-16)28(26,27)22-2/h4-5,7-10,12,14-15,22H,3,6,11,13H2,1-2H3,(H,23,25). The van der Waals surface area contributed by atoms with Crippen molar-refractivity contribution in [2.45, 2.75) is 37.6 Å². The number of hydrogen-bond acceptors (Lipinski definition) is 3. The van der Waals surface area contributed by atoms with Crippen molar-refractivity contribution in [3.63, 3.8) is 0 Å². The van der Waals surface area contributed by atoms with Crippen molar-refractivity contribution in [3.8, 4) is 0 Å². The molecule has 0 aliphatic carbocycles. The van der Waals surface area contributed by atoms with E-state index >= 15 is 0 Å². The lowest BCUT2D eigenvalue weighted by Crippen LogP contribution is -2.18. The quantitative estimate of drug-likeness (QED) is 0.608. The molecule has 0 aliphatic rings. The summed E-state index contributed by atoms with van der Waals surface area (Å²) in [6, 6.07) is 14.6. The van der Waals surface area contributed by atoms with Gasteiger partial charge < -0.3 is 9.88 Å². The maximum atomic E-state index is 12.3. The second kappa shape index (κ2) is 8.58. The van der Waals surface area contributed by atoms with Gasteiger partial charge in [-0.15, -0.1) is 0 Å². The normalized spacial score (nSPS) is 11.6. The molecule has 2 aromatic carbocycles. The van der Waals surface area contributed by atoms with Gasteiger partial charge in [0.15, 0.2) is 0 Å². The first-order valence-electron chi connectivity index (χ1n) is 9.34. The van der Waals surface area contributed by atoms with Gasteiger partial charge in [-0.1, -0.05) is 19.1 Å². The molecule has 2 N–H and O–H groups in total. The number of nitrogens with zero attached hydrogens (tertiary/aromatic N) is 1. The molecule has 0 saturated heterocycles. The van der Waals surface area contributed by atoms with Crippen LogP contribution < -0.4 is 10.0 Å². The molecule has 1 amide bonds. The molecule has 7 heteroatoms. The third-order valence-corrected chi connectivity index (χ3v) is 6.09. The van der Waals surface area contributed by atoms with Gasteiger partial charge in [0.05, 0.1) is 4.90 Å². The van der Waals surface area contributed by atoms with E-state index in [1.807, 2.05) is 18.2 Å². The van der Waals surface area contributed by atoms with Crippen molar-refractivity contribution in [2.75, 3.05) is 12.4 Å². The van der Waals surface area contributed by atoms with Crippen LogP contribution in [0.2, 0.25) is 0 Å². The van der Waals surface area contributed by atoms with Gasteiger partial charge in [0.2, 0.25) is 15.9 Å². The van der Waals surface area contributed by atoms with Crippen molar-refractivity contribution in [1.82, 2.24) is 9.29 Å². The molecule has 3 aromatic rings. The van der Waals surface area contributed by atoms with Crippen LogP contribution in [0.15, 0.2) is 59.6 Å². The zero-order chi connectivity index (χ0) is 20.1. The Hall–Kier alpha value is -2.64. The minimum atomic E-state index is -3.44. The summed E-state index contributed by atoms with van der Waals surface area (Å²) in [5, 5.41) is 4.04. The molecule has 148 valence electrons. The lowest BCUT2D eigenvalue weighted by atomic mass is 10.1. The van der Waals surface area contributed by atoms with Gasteiger partial charge in [0.1, 0.15) is 0 Å². The molecule has 3 rings (SSSR count). The van der Waals surface area contributed by atoms with E-state index in [1.54, 1.807) is 24.3 Å². The number of aryl methyl sites for hydroxylation is 2. The first kappa shape index (κ1) is 20.1. The van der Waals surface area contributed by atoms with Crippen LogP contribution in [0.4, 0.5) is 5.69 Å². The molecule has 0 bridgehead atoms. The van der Waals surface area contributed by atoms with Crippen molar-refractivity contribution in [3.05, 3.63) is 60.3 Å². The highest BCUT2D eigenvalue weighted by molar-refractivity contribution is 7.89. The van der Waals surface area contributed by atoms with Crippen molar-refractivity contribution < 1.29 is 13.2 Å². The van der Waals surface area contributed by atoms with E-state index in [0.29, 0.717) is 12.8 Å². The van der Waals surface area contributed by atoms with Crippen LogP contribution in [0.1, 0.15) is 25.3 Å². The molecule has 1 aromatic heterocycles. The van der Waals surface area contributed by atoms with Gasteiger partial charge in [0.25, 0.3) is 0 Å². The Labute approximate surface area is 165 Å². The Morgan fingerprint density at radius 1 is 1.07 bits per heavy atom. The van der Waals surface area contributed by atoms with Crippen LogP contribution in [0.5, 0.6) is 0 Å². The first-order chi connectivity index (χ1) is 13.4. The highest BCUT2D eigenvalue weighted by Crippen LogP contribution is 2.21. The molecule has 0 spiro atoms. The van der Waals surface area contributed by atoms with E-state index < -0.39 is 10.0 Å². The molecule has 0 aliphatic heterocycles. The SMILES string of the molecule is CCCn1ccc2cc(NC(=O)CCc3ccc(S(=O)(=O)NC)cc3)ccc21. The van der Waals surface area contributed by atoms with E-state index in [2.05, 4.69) is 33.8 Å². The predicted molar refractivity (Wildman–Crippen MR) is 112 cm³/mol. The zero-order valence-corrected chi connectivity index (χ0v) is 16.9. The summed E-state index contributed by atoms with van der Waals surface area (Å²) < 4.78 is 28.0. The summed E-state index contributed by atoms with van der Waals surface area (Å²) in [5.41, 5.74) is 2.86. The minimum absolute atomic E-state index is 0.0701. The Morgan fingerprint density at radius 3 is 2.50 bits per heavy atom. The Balaban J connectivity index is 1.59. The van der Waals surface area contributed by atoms with Crippen molar-refractivity contribution >= 4 is 32.5 Å². The lowest BCUT2D eigenvalue weighted by molar-refractivity contribution is -0.116. The fourth-order valence-corrected chi connectivity index (χ4v) is 3.88. The smallest absolute Gasteiger partial charge is 0.240 e. The zero-order valence-electron chi connectivity index (χ0n) is 16.1. The number of carbonyl (C=O) groups is 1. The average molecular weight is 400 g/mol. The van der Waals surface area contributed by atoms with Gasteiger partial charge in [-0.05, 0) is 61.9 Å². The Bertz CT molecular complexity index is 1070. The summed E-state index contributed by atoms with van der Waals surface area (Å²) in [7, 11) is -2.06. The van der Waals surface area contributed by atoms with Crippen molar-refractivity contribution in [1.29, 1.82) is 0 Å². The van der Waals surface area contributed by atoms with Crippen molar-refractivity contribution in [2.24, 2.45) is 0 Å². The minimum Gasteiger partial charge on any atom is -0.347 e. The molecule has 1 heterocycles. The number of anilines is 1. The molecule has 0 atom stereocenters. The summed E-state index contributed by atoms with van der Waals surface area (Å²) in [4.78, 5) is 12.5. The number of hydrogen-bond donors (Lipinski definition) is 2. The fraction of sp³-hybridized carbons (Fsp3) is 0.286. The van der Waals surface area contributed by atoms with Gasteiger partial charge in [-0.3, -0.25) is 4.79 Å². The second-order valence-corrected chi connectivity index (χ2v) is 8.57. The Kier molecular flexibility index (Phi) is 6.16. The second-order valence-electron chi connectivity index (χ2n) is 6.68. The van der Waals surface area contributed by atoms with E-state index in [1.165, 1.54) is 7.05 Å². The van der Waals surface area contributed by atoms with Crippen LogP contribution in [-0.4, -0.2) is 25.9 Å². The largest absolute Gasteiger partial charge is 0.347 e. The molecule has 0 fully saturated rings. The maximum absolute atomic E-state index is 12.3. The summed E-state index contributed by atoms with van der Waals surface area (Å²) in [5.74, 6) is -0.0701. The predicted octanol–water partition coefficient (Wildman–Crippen LogP) is 3.53. The molecular formula is C21H25N3O3S. The third-order valence-electron chi connectivity index (χ3n) is 4.66. The lowest BCUT2D eigenvalue weighted by Gasteiger charge is -2.08. The maximum Gasteiger partial charge on any atom is 0.240 e.